The number of nitrogens with one attached hydrogen (secondary N) is 1. The summed E-state index contributed by atoms with van der Waals surface area (Å²) in [6.07, 6.45) is 3.76. The highest BCUT2D eigenvalue weighted by Crippen LogP contribution is 2.21. The van der Waals surface area contributed by atoms with E-state index < -0.39 is 0 Å². The number of likely N-dealkylation sites (tertiary alicyclic amines) is 1. The predicted molar refractivity (Wildman–Crippen MR) is 80.5 cm³/mol. The van der Waals surface area contributed by atoms with Crippen LogP contribution in [-0.2, 0) is 6.42 Å². The Labute approximate surface area is 115 Å². The van der Waals surface area contributed by atoms with E-state index in [9.17, 15) is 0 Å². The van der Waals surface area contributed by atoms with Crippen molar-refractivity contribution < 1.29 is 0 Å². The molecule has 2 nitrogen and oxygen atoms in total. The van der Waals surface area contributed by atoms with Crippen LogP contribution in [0, 0.1) is 6.92 Å². The summed E-state index contributed by atoms with van der Waals surface area (Å²) in [6.45, 7) is 10.5. The minimum Gasteiger partial charge on any atom is -0.313 e. The molecule has 2 atom stereocenters. The van der Waals surface area contributed by atoms with Gasteiger partial charge in [-0.3, -0.25) is 4.90 Å². The maximum atomic E-state index is 3.65. The highest BCUT2D eigenvalue weighted by molar-refractivity contribution is 7.11. The smallest absolute Gasteiger partial charge is 0.0207 e. The average Bonchev–Trinajstić information content (AvgIpc) is 2.96. The summed E-state index contributed by atoms with van der Waals surface area (Å²) in [5, 5.41) is 3.65. The van der Waals surface area contributed by atoms with Crippen LogP contribution in [0.4, 0.5) is 0 Å². The molecule has 0 radical (unpaired) electrons. The SMILES string of the molecule is CCCNC1CCN(C(C)Cc2ccc(C)s2)C1. The Kier molecular flexibility index (Phi) is 5.22. The Hall–Kier alpha value is -0.380. The average molecular weight is 266 g/mol. The molecule has 0 spiro atoms. The van der Waals surface area contributed by atoms with Gasteiger partial charge in [0.1, 0.15) is 0 Å². The number of nitrogens with zero attached hydrogens (tertiary/aromatic N) is 1. The summed E-state index contributed by atoms with van der Waals surface area (Å²) in [5.74, 6) is 0. The maximum absolute atomic E-state index is 3.65. The molecule has 0 amide bonds. The van der Waals surface area contributed by atoms with Crippen molar-refractivity contribution in [1.29, 1.82) is 0 Å². The van der Waals surface area contributed by atoms with Gasteiger partial charge >= 0.3 is 0 Å². The highest BCUT2D eigenvalue weighted by Gasteiger charge is 2.25. The molecule has 2 rings (SSSR count). The molecule has 3 heteroatoms. The van der Waals surface area contributed by atoms with E-state index in [1.165, 1.54) is 42.1 Å². The van der Waals surface area contributed by atoms with Crippen LogP contribution in [0.5, 0.6) is 0 Å². The van der Waals surface area contributed by atoms with E-state index in [0.29, 0.717) is 6.04 Å². The van der Waals surface area contributed by atoms with E-state index in [2.05, 4.69) is 43.1 Å². The van der Waals surface area contributed by atoms with Crippen LogP contribution in [-0.4, -0.2) is 36.6 Å². The first kappa shape index (κ1) is 14.0. The molecule has 1 N–H and O–H groups in total. The van der Waals surface area contributed by atoms with E-state index >= 15 is 0 Å². The standard InChI is InChI=1S/C15H26N2S/c1-4-8-16-14-7-9-17(11-14)12(2)10-15-6-5-13(3)18-15/h5-6,12,14,16H,4,7-11H2,1-3H3. The lowest BCUT2D eigenvalue weighted by Gasteiger charge is -2.24. The molecule has 0 saturated carbocycles. The van der Waals surface area contributed by atoms with E-state index in [1.807, 2.05) is 11.3 Å². The number of thiophene rings is 1. The summed E-state index contributed by atoms with van der Waals surface area (Å²) in [6, 6.07) is 5.93. The van der Waals surface area contributed by atoms with Gasteiger partial charge < -0.3 is 5.32 Å². The molecule has 1 fully saturated rings. The largest absolute Gasteiger partial charge is 0.313 e. The second-order valence-electron chi connectivity index (χ2n) is 5.50. The quantitative estimate of drug-likeness (QED) is 0.851. The monoisotopic (exact) mass is 266 g/mol. The molecule has 1 aliphatic heterocycles. The normalized spacial score (nSPS) is 22.5. The molecule has 0 aromatic carbocycles. The molecule has 1 saturated heterocycles. The van der Waals surface area contributed by atoms with Crippen LogP contribution >= 0.6 is 11.3 Å². The minimum absolute atomic E-state index is 0.677. The van der Waals surface area contributed by atoms with Gasteiger partial charge in [-0.05, 0) is 51.8 Å². The van der Waals surface area contributed by atoms with Gasteiger partial charge in [-0.1, -0.05) is 6.92 Å². The zero-order chi connectivity index (χ0) is 13.0. The number of rotatable bonds is 6. The molecule has 102 valence electrons. The Morgan fingerprint density at radius 2 is 2.33 bits per heavy atom. The third-order valence-corrected chi connectivity index (χ3v) is 4.84. The van der Waals surface area contributed by atoms with E-state index in [-0.39, 0.29) is 0 Å². The van der Waals surface area contributed by atoms with Crippen LogP contribution in [0.1, 0.15) is 36.4 Å². The fourth-order valence-electron chi connectivity index (χ4n) is 2.72. The summed E-state index contributed by atoms with van der Waals surface area (Å²) in [4.78, 5) is 5.61. The van der Waals surface area contributed by atoms with Gasteiger partial charge in [0.2, 0.25) is 0 Å². The molecule has 2 unspecified atom stereocenters. The topological polar surface area (TPSA) is 15.3 Å². The zero-order valence-corrected chi connectivity index (χ0v) is 12.7. The van der Waals surface area contributed by atoms with Crippen LogP contribution in [0.3, 0.4) is 0 Å². The highest BCUT2D eigenvalue weighted by atomic mass is 32.1. The van der Waals surface area contributed by atoms with Crippen LogP contribution in [0.25, 0.3) is 0 Å². The van der Waals surface area contributed by atoms with Crippen molar-refractivity contribution >= 4 is 11.3 Å². The summed E-state index contributed by atoms with van der Waals surface area (Å²) >= 11 is 1.95. The van der Waals surface area contributed by atoms with Crippen LogP contribution in [0.2, 0.25) is 0 Å². The molecular weight excluding hydrogens is 240 g/mol. The van der Waals surface area contributed by atoms with Gasteiger partial charge in [0.25, 0.3) is 0 Å². The van der Waals surface area contributed by atoms with Gasteiger partial charge in [-0.25, -0.2) is 0 Å². The Morgan fingerprint density at radius 1 is 1.50 bits per heavy atom. The van der Waals surface area contributed by atoms with Crippen LogP contribution < -0.4 is 5.32 Å². The Bertz CT molecular complexity index is 361. The number of aryl methyl sites for hydroxylation is 1. The fraction of sp³-hybridized carbons (Fsp3) is 0.733. The van der Waals surface area contributed by atoms with Gasteiger partial charge in [0.15, 0.2) is 0 Å². The first-order valence-electron chi connectivity index (χ1n) is 7.21. The number of hydrogen-bond acceptors (Lipinski definition) is 3. The predicted octanol–water partition coefficient (Wildman–Crippen LogP) is 3.06. The van der Waals surface area contributed by atoms with Gasteiger partial charge in [-0.2, -0.15) is 0 Å². The first-order chi connectivity index (χ1) is 8.69. The van der Waals surface area contributed by atoms with Crippen molar-refractivity contribution in [2.75, 3.05) is 19.6 Å². The van der Waals surface area contributed by atoms with Crippen molar-refractivity contribution in [3.05, 3.63) is 21.9 Å². The van der Waals surface area contributed by atoms with Gasteiger partial charge in [0.05, 0.1) is 0 Å². The summed E-state index contributed by atoms with van der Waals surface area (Å²) < 4.78 is 0. The van der Waals surface area contributed by atoms with Crippen LogP contribution in [0.15, 0.2) is 12.1 Å². The van der Waals surface area contributed by atoms with Gasteiger partial charge in [-0.15, -0.1) is 11.3 Å². The molecule has 2 heterocycles. The van der Waals surface area contributed by atoms with Crippen molar-refractivity contribution in [1.82, 2.24) is 10.2 Å². The lowest BCUT2D eigenvalue weighted by molar-refractivity contribution is 0.251. The maximum Gasteiger partial charge on any atom is 0.0207 e. The molecule has 1 aromatic heterocycles. The van der Waals surface area contributed by atoms with E-state index in [4.69, 9.17) is 0 Å². The zero-order valence-electron chi connectivity index (χ0n) is 11.9. The van der Waals surface area contributed by atoms with Crippen molar-refractivity contribution in [2.45, 2.75) is 52.1 Å². The second-order valence-corrected chi connectivity index (χ2v) is 6.87. The summed E-state index contributed by atoms with van der Waals surface area (Å²) in [5.41, 5.74) is 0. The fourth-order valence-corrected chi connectivity index (χ4v) is 3.73. The summed E-state index contributed by atoms with van der Waals surface area (Å²) in [7, 11) is 0. The van der Waals surface area contributed by atoms with E-state index in [1.54, 1.807) is 0 Å². The molecular formula is C15H26N2S. The molecule has 1 aromatic rings. The molecule has 0 aliphatic carbocycles. The molecule has 18 heavy (non-hydrogen) atoms. The lowest BCUT2D eigenvalue weighted by atomic mass is 10.2. The second kappa shape index (κ2) is 6.69. The Morgan fingerprint density at radius 3 is 3.00 bits per heavy atom. The minimum atomic E-state index is 0.677. The molecule has 1 aliphatic rings. The van der Waals surface area contributed by atoms with E-state index in [0.717, 1.165) is 12.6 Å². The van der Waals surface area contributed by atoms with Crippen molar-refractivity contribution in [3.63, 3.8) is 0 Å². The third-order valence-electron chi connectivity index (χ3n) is 3.82. The number of hydrogen-bond donors (Lipinski definition) is 1. The van der Waals surface area contributed by atoms with Crippen molar-refractivity contribution in [2.24, 2.45) is 0 Å². The molecule has 0 bridgehead atoms. The third kappa shape index (κ3) is 3.81. The first-order valence-corrected chi connectivity index (χ1v) is 8.03. The van der Waals surface area contributed by atoms with Crippen molar-refractivity contribution in [3.8, 4) is 0 Å². The lowest BCUT2D eigenvalue weighted by Crippen LogP contribution is -2.37. The Balaban J connectivity index is 1.78. The van der Waals surface area contributed by atoms with Gasteiger partial charge in [0, 0.05) is 34.9 Å².